The Kier molecular flexibility index (Phi) is 4.00. The topological polar surface area (TPSA) is 33.1 Å². The summed E-state index contributed by atoms with van der Waals surface area (Å²) in [6.45, 7) is 8.83. The highest BCUT2D eigenvalue weighted by atomic mass is 15.3. The van der Waals surface area contributed by atoms with Crippen LogP contribution in [0.1, 0.15) is 32.4 Å². The van der Waals surface area contributed by atoms with Gasteiger partial charge in [0.1, 0.15) is 0 Å². The van der Waals surface area contributed by atoms with Crippen molar-refractivity contribution in [1.29, 1.82) is 0 Å². The summed E-state index contributed by atoms with van der Waals surface area (Å²) in [6, 6.07) is 8.54. The van der Waals surface area contributed by atoms with E-state index in [-0.39, 0.29) is 5.54 Å². The van der Waals surface area contributed by atoms with Crippen molar-refractivity contribution in [2.45, 2.75) is 38.8 Å². The highest BCUT2D eigenvalue weighted by Crippen LogP contribution is 2.28. The lowest BCUT2D eigenvalue weighted by molar-refractivity contribution is 0.0439. The van der Waals surface area contributed by atoms with Crippen LogP contribution >= 0.6 is 0 Å². The molecule has 0 spiro atoms. The lowest BCUT2D eigenvalue weighted by atomic mass is 9.88. The molecule has 0 saturated carbocycles. The molecule has 0 unspecified atom stereocenters. The zero-order chi connectivity index (χ0) is 14.9. The fraction of sp³-hybridized carbons (Fsp3) is 0.588. The zero-order valence-electron chi connectivity index (χ0n) is 13.4. The van der Waals surface area contributed by atoms with Crippen LogP contribution < -0.4 is 5.32 Å². The molecule has 114 valence electrons. The molecule has 1 N–H and O–H groups in total. The van der Waals surface area contributed by atoms with Gasteiger partial charge in [-0.3, -0.25) is 9.58 Å². The SMILES string of the molecule is CCC1(CC)CNCCN1Cc1nn(C)c2ccccc12. The first-order valence-corrected chi connectivity index (χ1v) is 8.06. The van der Waals surface area contributed by atoms with Gasteiger partial charge in [0.05, 0.1) is 11.2 Å². The predicted octanol–water partition coefficient (Wildman–Crippen LogP) is 2.54. The summed E-state index contributed by atoms with van der Waals surface area (Å²) in [6.07, 6.45) is 2.36. The number of aryl methyl sites for hydroxylation is 1. The largest absolute Gasteiger partial charge is 0.314 e. The summed E-state index contributed by atoms with van der Waals surface area (Å²) < 4.78 is 2.01. The van der Waals surface area contributed by atoms with E-state index in [9.17, 15) is 0 Å². The summed E-state index contributed by atoms with van der Waals surface area (Å²) in [5.74, 6) is 0. The van der Waals surface area contributed by atoms with Gasteiger partial charge in [0.2, 0.25) is 0 Å². The monoisotopic (exact) mass is 286 g/mol. The van der Waals surface area contributed by atoms with Gasteiger partial charge in [-0.25, -0.2) is 0 Å². The minimum Gasteiger partial charge on any atom is -0.314 e. The van der Waals surface area contributed by atoms with Gasteiger partial charge in [0, 0.05) is 44.2 Å². The van der Waals surface area contributed by atoms with Crippen molar-refractivity contribution >= 4 is 10.9 Å². The van der Waals surface area contributed by atoms with E-state index >= 15 is 0 Å². The molecule has 2 heterocycles. The van der Waals surface area contributed by atoms with Gasteiger partial charge >= 0.3 is 0 Å². The average molecular weight is 286 g/mol. The average Bonchev–Trinajstić information content (AvgIpc) is 2.85. The molecule has 0 amide bonds. The molecule has 1 aliphatic rings. The van der Waals surface area contributed by atoms with Crippen molar-refractivity contribution in [3.05, 3.63) is 30.0 Å². The first kappa shape index (κ1) is 14.5. The minimum atomic E-state index is 0.275. The molecule has 1 aliphatic heterocycles. The molecule has 4 nitrogen and oxygen atoms in total. The molecule has 1 aromatic carbocycles. The molecule has 21 heavy (non-hydrogen) atoms. The first-order chi connectivity index (χ1) is 10.2. The number of hydrogen-bond acceptors (Lipinski definition) is 3. The molecule has 4 heteroatoms. The summed E-state index contributed by atoms with van der Waals surface area (Å²) in [7, 11) is 2.04. The quantitative estimate of drug-likeness (QED) is 0.937. The molecule has 3 rings (SSSR count). The summed E-state index contributed by atoms with van der Waals surface area (Å²) in [5, 5.41) is 9.63. The van der Waals surface area contributed by atoms with Crippen LogP contribution in [0, 0.1) is 0 Å². The van der Waals surface area contributed by atoms with Crippen molar-refractivity contribution in [2.75, 3.05) is 19.6 Å². The van der Waals surface area contributed by atoms with Gasteiger partial charge in [-0.2, -0.15) is 5.10 Å². The Morgan fingerprint density at radius 3 is 2.76 bits per heavy atom. The van der Waals surface area contributed by atoms with Crippen LogP contribution in [-0.2, 0) is 13.6 Å². The van der Waals surface area contributed by atoms with Gasteiger partial charge in [-0.05, 0) is 18.9 Å². The van der Waals surface area contributed by atoms with Crippen LogP contribution in [0.3, 0.4) is 0 Å². The Morgan fingerprint density at radius 1 is 1.24 bits per heavy atom. The Hall–Kier alpha value is -1.39. The van der Waals surface area contributed by atoms with Crippen LogP contribution in [0.4, 0.5) is 0 Å². The van der Waals surface area contributed by atoms with E-state index in [0.29, 0.717) is 0 Å². The maximum Gasteiger partial charge on any atom is 0.0843 e. The van der Waals surface area contributed by atoms with E-state index in [4.69, 9.17) is 5.10 Å². The van der Waals surface area contributed by atoms with Gasteiger partial charge in [0.25, 0.3) is 0 Å². The number of hydrogen-bond donors (Lipinski definition) is 1. The highest BCUT2D eigenvalue weighted by molar-refractivity contribution is 5.81. The zero-order valence-corrected chi connectivity index (χ0v) is 13.4. The molecule has 0 bridgehead atoms. The normalized spacial score (nSPS) is 19.2. The third kappa shape index (κ3) is 2.47. The molecular formula is C17H26N4. The highest BCUT2D eigenvalue weighted by Gasteiger charge is 2.36. The summed E-state index contributed by atoms with van der Waals surface area (Å²) >= 11 is 0. The van der Waals surface area contributed by atoms with Gasteiger partial charge in [0.15, 0.2) is 0 Å². The van der Waals surface area contributed by atoms with Crippen LogP contribution in [0.15, 0.2) is 24.3 Å². The Balaban J connectivity index is 1.93. The van der Waals surface area contributed by atoms with Crippen molar-refractivity contribution in [3.63, 3.8) is 0 Å². The third-order valence-electron chi connectivity index (χ3n) is 5.17. The van der Waals surface area contributed by atoms with Gasteiger partial charge in [-0.1, -0.05) is 32.0 Å². The minimum absolute atomic E-state index is 0.275. The lowest BCUT2D eigenvalue weighted by Crippen LogP contribution is -2.60. The molecular weight excluding hydrogens is 260 g/mol. The van der Waals surface area contributed by atoms with E-state index in [1.54, 1.807) is 0 Å². The molecule has 0 aliphatic carbocycles. The van der Waals surface area contributed by atoms with E-state index < -0.39 is 0 Å². The molecule has 1 saturated heterocycles. The van der Waals surface area contributed by atoms with Gasteiger partial charge < -0.3 is 5.32 Å². The second kappa shape index (κ2) is 5.78. The van der Waals surface area contributed by atoms with E-state index in [1.807, 2.05) is 11.7 Å². The number of para-hydroxylation sites is 1. The van der Waals surface area contributed by atoms with E-state index in [0.717, 1.165) is 26.2 Å². The van der Waals surface area contributed by atoms with Crippen LogP contribution in [0.5, 0.6) is 0 Å². The van der Waals surface area contributed by atoms with Crippen LogP contribution in [0.2, 0.25) is 0 Å². The van der Waals surface area contributed by atoms with E-state index in [1.165, 1.54) is 29.4 Å². The standard InChI is InChI=1S/C17H26N4/c1-4-17(5-2)13-18-10-11-21(17)12-15-14-8-6-7-9-16(14)20(3)19-15/h6-9,18H,4-5,10-13H2,1-3H3. The molecule has 1 fully saturated rings. The van der Waals surface area contributed by atoms with Crippen molar-refractivity contribution in [1.82, 2.24) is 20.0 Å². The predicted molar refractivity (Wildman–Crippen MR) is 87.3 cm³/mol. The number of rotatable bonds is 4. The van der Waals surface area contributed by atoms with Crippen molar-refractivity contribution in [2.24, 2.45) is 7.05 Å². The maximum atomic E-state index is 4.77. The molecule has 0 radical (unpaired) electrons. The number of benzene rings is 1. The Morgan fingerprint density at radius 2 is 2.00 bits per heavy atom. The van der Waals surface area contributed by atoms with Crippen molar-refractivity contribution < 1.29 is 0 Å². The van der Waals surface area contributed by atoms with Crippen molar-refractivity contribution in [3.8, 4) is 0 Å². The number of fused-ring (bicyclic) bond motifs is 1. The Labute approximate surface area is 127 Å². The Bertz CT molecular complexity index is 612. The number of nitrogens with one attached hydrogen (secondary N) is 1. The fourth-order valence-electron chi connectivity index (χ4n) is 3.66. The number of nitrogens with zero attached hydrogens (tertiary/aromatic N) is 3. The maximum absolute atomic E-state index is 4.77. The smallest absolute Gasteiger partial charge is 0.0843 e. The van der Waals surface area contributed by atoms with E-state index in [2.05, 4.69) is 48.3 Å². The molecule has 0 atom stereocenters. The number of aromatic nitrogens is 2. The third-order valence-corrected chi connectivity index (χ3v) is 5.17. The first-order valence-electron chi connectivity index (χ1n) is 8.06. The van der Waals surface area contributed by atoms with Crippen LogP contribution in [-0.4, -0.2) is 39.9 Å². The molecule has 2 aromatic rings. The second-order valence-corrected chi connectivity index (χ2v) is 6.12. The summed E-state index contributed by atoms with van der Waals surface area (Å²) in [5.41, 5.74) is 2.71. The summed E-state index contributed by atoms with van der Waals surface area (Å²) in [4.78, 5) is 2.64. The second-order valence-electron chi connectivity index (χ2n) is 6.12. The van der Waals surface area contributed by atoms with Crippen LogP contribution in [0.25, 0.3) is 10.9 Å². The molecule has 1 aromatic heterocycles. The number of piperazine rings is 1. The fourth-order valence-corrected chi connectivity index (χ4v) is 3.66. The van der Waals surface area contributed by atoms with Gasteiger partial charge in [-0.15, -0.1) is 0 Å². The lowest BCUT2D eigenvalue weighted by Gasteiger charge is -2.46.